The Hall–Kier alpha value is -2.50. The van der Waals surface area contributed by atoms with E-state index in [0.717, 1.165) is 25.7 Å². The van der Waals surface area contributed by atoms with Crippen LogP contribution in [0.2, 0.25) is 0 Å². The Kier molecular flexibility index (Phi) is 8.39. The topological polar surface area (TPSA) is 82.1 Å². The molecule has 1 N–H and O–H groups in total. The molecular weight excluding hydrogens is 312 g/mol. The molecule has 0 fully saturated rings. The van der Waals surface area contributed by atoms with Gasteiger partial charge in [-0.1, -0.05) is 6.58 Å². The minimum absolute atomic E-state index is 0.0843. The van der Waals surface area contributed by atoms with Gasteiger partial charge in [0.1, 0.15) is 17.1 Å². The molecule has 24 heavy (non-hydrogen) atoms. The van der Waals surface area contributed by atoms with Crippen LogP contribution in [0.15, 0.2) is 30.4 Å². The number of carboxylic acid groups (broad SMARTS) is 1. The summed E-state index contributed by atoms with van der Waals surface area (Å²) in [5.41, 5.74) is 0.484. The lowest BCUT2D eigenvalue weighted by Crippen LogP contribution is -2.06. The van der Waals surface area contributed by atoms with E-state index >= 15 is 0 Å². The van der Waals surface area contributed by atoms with Crippen molar-refractivity contribution >= 4 is 11.9 Å². The van der Waals surface area contributed by atoms with Gasteiger partial charge in [-0.15, -0.1) is 0 Å². The fourth-order valence-corrected chi connectivity index (χ4v) is 1.96. The van der Waals surface area contributed by atoms with Gasteiger partial charge in [0.05, 0.1) is 20.3 Å². The summed E-state index contributed by atoms with van der Waals surface area (Å²) in [6, 6.07) is 4.70. The summed E-state index contributed by atoms with van der Waals surface area (Å²) in [6.45, 7) is 5.94. The number of ether oxygens (including phenoxy) is 3. The second kappa shape index (κ2) is 10.3. The van der Waals surface area contributed by atoms with Gasteiger partial charge in [-0.3, -0.25) is 0 Å². The molecule has 1 aromatic rings. The first kappa shape index (κ1) is 19.5. The normalized spacial score (nSPS) is 10.1. The Morgan fingerprint density at radius 3 is 2.38 bits per heavy atom. The highest BCUT2D eigenvalue weighted by atomic mass is 16.5. The van der Waals surface area contributed by atoms with Crippen LogP contribution in [0.1, 0.15) is 43.0 Å². The zero-order valence-electron chi connectivity index (χ0n) is 14.2. The van der Waals surface area contributed by atoms with Crippen LogP contribution in [0.4, 0.5) is 0 Å². The van der Waals surface area contributed by atoms with Crippen molar-refractivity contribution in [1.29, 1.82) is 0 Å². The van der Waals surface area contributed by atoms with Crippen LogP contribution in [0.25, 0.3) is 0 Å². The van der Waals surface area contributed by atoms with Crippen molar-refractivity contribution in [2.24, 2.45) is 0 Å². The number of carbonyl (C=O) groups is 2. The maximum absolute atomic E-state index is 11.2. The maximum Gasteiger partial charge on any atom is 0.339 e. The van der Waals surface area contributed by atoms with Crippen molar-refractivity contribution in [3.63, 3.8) is 0 Å². The Balaban J connectivity index is 2.25. The first-order valence-corrected chi connectivity index (χ1v) is 7.82. The summed E-state index contributed by atoms with van der Waals surface area (Å²) >= 11 is 0. The number of carboxylic acids is 1. The Labute approximate surface area is 142 Å². The van der Waals surface area contributed by atoms with E-state index in [2.05, 4.69) is 6.58 Å². The van der Waals surface area contributed by atoms with E-state index in [-0.39, 0.29) is 11.5 Å². The summed E-state index contributed by atoms with van der Waals surface area (Å²) in [5, 5.41) is 9.19. The monoisotopic (exact) mass is 336 g/mol. The van der Waals surface area contributed by atoms with Crippen LogP contribution in [0.5, 0.6) is 11.5 Å². The molecule has 1 rings (SSSR count). The molecule has 0 amide bonds. The molecule has 0 saturated carbocycles. The number of methoxy groups -OCH3 is 1. The van der Waals surface area contributed by atoms with E-state index in [0.29, 0.717) is 30.3 Å². The molecule has 0 heterocycles. The summed E-state index contributed by atoms with van der Waals surface area (Å²) in [5.74, 6) is -0.606. The van der Waals surface area contributed by atoms with E-state index in [4.69, 9.17) is 14.2 Å². The summed E-state index contributed by atoms with van der Waals surface area (Å²) in [7, 11) is 1.48. The van der Waals surface area contributed by atoms with E-state index in [1.54, 1.807) is 19.1 Å². The Morgan fingerprint density at radius 2 is 1.79 bits per heavy atom. The molecule has 0 unspecified atom stereocenters. The summed E-state index contributed by atoms with van der Waals surface area (Å²) < 4.78 is 15.5. The molecule has 0 atom stereocenters. The predicted molar refractivity (Wildman–Crippen MR) is 89.7 cm³/mol. The largest absolute Gasteiger partial charge is 0.497 e. The highest BCUT2D eigenvalue weighted by Crippen LogP contribution is 2.24. The van der Waals surface area contributed by atoms with Crippen LogP contribution >= 0.6 is 0 Å². The zero-order valence-corrected chi connectivity index (χ0v) is 14.2. The average Bonchev–Trinajstić information content (AvgIpc) is 2.56. The third kappa shape index (κ3) is 6.73. The smallest absolute Gasteiger partial charge is 0.339 e. The number of hydrogen-bond acceptors (Lipinski definition) is 5. The summed E-state index contributed by atoms with van der Waals surface area (Å²) in [6.07, 6.45) is 3.38. The number of carbonyl (C=O) groups excluding carboxylic acids is 1. The third-order valence-electron chi connectivity index (χ3n) is 3.29. The highest BCUT2D eigenvalue weighted by molar-refractivity contribution is 5.91. The van der Waals surface area contributed by atoms with Crippen molar-refractivity contribution < 1.29 is 28.9 Å². The van der Waals surface area contributed by atoms with Crippen LogP contribution < -0.4 is 9.47 Å². The van der Waals surface area contributed by atoms with Gasteiger partial charge in [0.15, 0.2) is 0 Å². The molecule has 1 aromatic carbocycles. The van der Waals surface area contributed by atoms with Gasteiger partial charge >= 0.3 is 11.9 Å². The molecule has 0 aliphatic rings. The van der Waals surface area contributed by atoms with Crippen LogP contribution in [-0.4, -0.2) is 37.4 Å². The van der Waals surface area contributed by atoms with E-state index < -0.39 is 5.97 Å². The van der Waals surface area contributed by atoms with Crippen molar-refractivity contribution in [3.8, 4) is 11.5 Å². The lowest BCUT2D eigenvalue weighted by molar-refractivity contribution is -0.139. The molecule has 132 valence electrons. The van der Waals surface area contributed by atoms with Crippen LogP contribution in [0.3, 0.4) is 0 Å². The maximum atomic E-state index is 11.2. The highest BCUT2D eigenvalue weighted by Gasteiger charge is 2.12. The lowest BCUT2D eigenvalue weighted by Gasteiger charge is -2.10. The molecule has 0 bridgehead atoms. The van der Waals surface area contributed by atoms with Gasteiger partial charge in [-0.25, -0.2) is 9.59 Å². The first-order chi connectivity index (χ1) is 11.5. The predicted octanol–water partition coefficient (Wildman–Crippen LogP) is 3.45. The van der Waals surface area contributed by atoms with Crippen molar-refractivity contribution in [2.45, 2.75) is 32.6 Å². The number of unbranched alkanes of at least 4 members (excludes halogenated alkanes) is 3. The summed E-state index contributed by atoms with van der Waals surface area (Å²) in [4.78, 5) is 22.4. The van der Waals surface area contributed by atoms with Crippen LogP contribution in [-0.2, 0) is 9.53 Å². The standard InChI is InChI=1S/C18H24O6/c1-13(2)18(21)24-11-7-5-4-6-10-23-16-9-8-14(22-3)12-15(16)17(19)20/h8-9,12H,1,4-7,10-11H2,2-3H3,(H,19,20). The Morgan fingerprint density at radius 1 is 1.12 bits per heavy atom. The van der Waals surface area contributed by atoms with Gasteiger partial charge in [0, 0.05) is 5.57 Å². The van der Waals surface area contributed by atoms with E-state index in [1.807, 2.05) is 0 Å². The van der Waals surface area contributed by atoms with E-state index in [1.165, 1.54) is 13.2 Å². The molecule has 0 spiro atoms. The van der Waals surface area contributed by atoms with Gasteiger partial charge in [-0.2, -0.15) is 0 Å². The van der Waals surface area contributed by atoms with Gasteiger partial charge in [-0.05, 0) is 50.8 Å². The average molecular weight is 336 g/mol. The van der Waals surface area contributed by atoms with Gasteiger partial charge in [0.2, 0.25) is 0 Å². The molecule has 6 nitrogen and oxygen atoms in total. The molecule has 0 saturated heterocycles. The molecule has 0 aliphatic heterocycles. The number of hydrogen-bond donors (Lipinski definition) is 1. The molecule has 0 radical (unpaired) electrons. The zero-order chi connectivity index (χ0) is 17.9. The lowest BCUT2D eigenvalue weighted by atomic mass is 10.2. The van der Waals surface area contributed by atoms with Crippen molar-refractivity contribution in [1.82, 2.24) is 0 Å². The fourth-order valence-electron chi connectivity index (χ4n) is 1.96. The van der Waals surface area contributed by atoms with Gasteiger partial charge < -0.3 is 19.3 Å². The molecular formula is C18H24O6. The van der Waals surface area contributed by atoms with E-state index in [9.17, 15) is 14.7 Å². The number of rotatable bonds is 11. The first-order valence-electron chi connectivity index (χ1n) is 7.82. The van der Waals surface area contributed by atoms with Crippen LogP contribution in [0, 0.1) is 0 Å². The minimum atomic E-state index is -1.05. The number of esters is 1. The third-order valence-corrected chi connectivity index (χ3v) is 3.29. The SMILES string of the molecule is C=C(C)C(=O)OCCCCCCOc1ccc(OC)cc1C(=O)O. The second-order valence-corrected chi connectivity index (χ2v) is 5.35. The van der Waals surface area contributed by atoms with Crippen molar-refractivity contribution in [2.75, 3.05) is 20.3 Å². The minimum Gasteiger partial charge on any atom is -0.497 e. The second-order valence-electron chi connectivity index (χ2n) is 5.35. The molecule has 6 heteroatoms. The Bertz CT molecular complexity index is 579. The number of benzene rings is 1. The fraction of sp³-hybridized carbons (Fsp3) is 0.444. The quantitative estimate of drug-likeness (QED) is 0.379. The number of aromatic carboxylic acids is 1. The molecule has 0 aromatic heterocycles. The van der Waals surface area contributed by atoms with Crippen molar-refractivity contribution in [3.05, 3.63) is 35.9 Å². The van der Waals surface area contributed by atoms with Gasteiger partial charge in [0.25, 0.3) is 0 Å². The molecule has 0 aliphatic carbocycles.